The summed E-state index contributed by atoms with van der Waals surface area (Å²) in [7, 11) is 0. The second kappa shape index (κ2) is 5.23. The number of benzene rings is 1. The molecule has 18 heavy (non-hydrogen) atoms. The Kier molecular flexibility index (Phi) is 3.68. The highest BCUT2D eigenvalue weighted by molar-refractivity contribution is 7.15. The molecule has 2 rings (SSSR count). The van der Waals surface area contributed by atoms with Crippen LogP contribution in [0.25, 0.3) is 0 Å². The zero-order chi connectivity index (χ0) is 13.1. The summed E-state index contributed by atoms with van der Waals surface area (Å²) < 4.78 is 18.7. The van der Waals surface area contributed by atoms with Crippen molar-refractivity contribution >= 4 is 28.6 Å². The van der Waals surface area contributed by atoms with E-state index in [9.17, 15) is 14.5 Å². The van der Waals surface area contributed by atoms with Crippen LogP contribution in [-0.2, 0) is 6.61 Å². The molecule has 0 aliphatic heterocycles. The van der Waals surface area contributed by atoms with Crippen molar-refractivity contribution in [2.75, 3.05) is 0 Å². The molecule has 1 heterocycles. The van der Waals surface area contributed by atoms with Crippen molar-refractivity contribution in [3.8, 4) is 5.75 Å². The molecule has 0 aliphatic carbocycles. The van der Waals surface area contributed by atoms with E-state index in [0.29, 0.717) is 5.01 Å². The van der Waals surface area contributed by atoms with Crippen molar-refractivity contribution in [2.24, 2.45) is 0 Å². The molecule has 0 saturated carbocycles. The fourth-order valence-electron chi connectivity index (χ4n) is 1.21. The summed E-state index contributed by atoms with van der Waals surface area (Å²) in [6.07, 6.45) is 0. The number of nitro groups is 1. The molecule has 6 nitrogen and oxygen atoms in total. The van der Waals surface area contributed by atoms with Gasteiger partial charge in [0.2, 0.25) is 10.2 Å². The van der Waals surface area contributed by atoms with Crippen molar-refractivity contribution in [2.45, 2.75) is 6.61 Å². The van der Waals surface area contributed by atoms with Crippen LogP contribution >= 0.6 is 22.9 Å². The highest BCUT2D eigenvalue weighted by Crippen LogP contribution is 2.30. The van der Waals surface area contributed by atoms with Gasteiger partial charge >= 0.3 is 5.69 Å². The third-order valence-electron chi connectivity index (χ3n) is 1.93. The van der Waals surface area contributed by atoms with Crippen molar-refractivity contribution < 1.29 is 14.1 Å². The highest BCUT2D eigenvalue weighted by atomic mass is 35.5. The van der Waals surface area contributed by atoms with E-state index >= 15 is 0 Å². The largest absolute Gasteiger partial charge is 0.477 e. The summed E-state index contributed by atoms with van der Waals surface area (Å²) in [5.74, 6) is -1.23. The molecule has 1 aromatic carbocycles. The third kappa shape index (κ3) is 2.71. The first-order chi connectivity index (χ1) is 8.58. The average molecular weight is 290 g/mol. The van der Waals surface area contributed by atoms with E-state index in [-0.39, 0.29) is 11.1 Å². The monoisotopic (exact) mass is 289 g/mol. The predicted octanol–water partition coefficient (Wildman–Crippen LogP) is 2.82. The van der Waals surface area contributed by atoms with Crippen LogP contribution in [0.5, 0.6) is 5.75 Å². The van der Waals surface area contributed by atoms with Gasteiger partial charge in [-0.3, -0.25) is 10.1 Å². The lowest BCUT2D eigenvalue weighted by molar-refractivity contribution is -0.386. The van der Waals surface area contributed by atoms with Gasteiger partial charge in [-0.1, -0.05) is 17.4 Å². The Morgan fingerprint density at radius 2 is 2.28 bits per heavy atom. The number of hydrogen-bond donors (Lipinski definition) is 0. The summed E-state index contributed by atoms with van der Waals surface area (Å²) in [5, 5.41) is 18.3. The zero-order valence-electron chi connectivity index (χ0n) is 8.67. The van der Waals surface area contributed by atoms with Crippen LogP contribution in [0.3, 0.4) is 0 Å². The minimum absolute atomic E-state index is 0.133. The summed E-state index contributed by atoms with van der Waals surface area (Å²) in [5.41, 5.74) is -0.439. The van der Waals surface area contributed by atoms with Crippen molar-refractivity contribution in [1.29, 1.82) is 0 Å². The maximum Gasteiger partial charge on any atom is 0.314 e. The van der Waals surface area contributed by atoms with Gasteiger partial charge in [-0.15, -0.1) is 10.2 Å². The lowest BCUT2D eigenvalue weighted by Gasteiger charge is -2.05. The zero-order valence-corrected chi connectivity index (χ0v) is 10.2. The minimum atomic E-state index is -0.806. The van der Waals surface area contributed by atoms with Gasteiger partial charge in [0.1, 0.15) is 6.61 Å². The van der Waals surface area contributed by atoms with Gasteiger partial charge in [-0.2, -0.15) is 0 Å². The van der Waals surface area contributed by atoms with Gasteiger partial charge in [0.25, 0.3) is 0 Å². The minimum Gasteiger partial charge on any atom is -0.477 e. The number of nitro benzene ring substituents is 1. The fraction of sp³-hybridized carbons (Fsp3) is 0.111. The highest BCUT2D eigenvalue weighted by Gasteiger charge is 2.19. The van der Waals surface area contributed by atoms with Crippen LogP contribution in [0, 0.1) is 15.9 Å². The first-order valence-corrected chi connectivity index (χ1v) is 5.81. The Morgan fingerprint density at radius 1 is 1.50 bits per heavy atom. The number of hydrogen-bond acceptors (Lipinski definition) is 6. The smallest absolute Gasteiger partial charge is 0.314 e. The summed E-state index contributed by atoms with van der Waals surface area (Å²) in [6, 6.07) is 3.48. The lowest BCUT2D eigenvalue weighted by atomic mass is 10.3. The lowest BCUT2D eigenvalue weighted by Crippen LogP contribution is -2.01. The topological polar surface area (TPSA) is 78.2 Å². The Balaban J connectivity index is 2.20. The molecule has 0 bridgehead atoms. The molecule has 0 aliphatic rings. The van der Waals surface area contributed by atoms with E-state index < -0.39 is 22.2 Å². The van der Waals surface area contributed by atoms with Crippen LogP contribution < -0.4 is 4.74 Å². The Morgan fingerprint density at radius 3 is 2.89 bits per heavy atom. The van der Waals surface area contributed by atoms with Crippen LogP contribution in [0.15, 0.2) is 18.2 Å². The first kappa shape index (κ1) is 12.7. The van der Waals surface area contributed by atoms with E-state index in [0.717, 1.165) is 23.5 Å². The molecule has 2 aromatic rings. The van der Waals surface area contributed by atoms with Crippen LogP contribution in [0.1, 0.15) is 5.01 Å². The van der Waals surface area contributed by atoms with E-state index in [4.69, 9.17) is 16.3 Å². The first-order valence-electron chi connectivity index (χ1n) is 4.61. The molecule has 1 aromatic heterocycles. The molecule has 0 radical (unpaired) electrons. The number of aromatic nitrogens is 2. The van der Waals surface area contributed by atoms with Crippen molar-refractivity contribution in [3.05, 3.63) is 43.6 Å². The molecule has 0 spiro atoms. The van der Waals surface area contributed by atoms with Crippen LogP contribution in [-0.4, -0.2) is 15.1 Å². The standard InChI is InChI=1S/C9H5ClFN3O3S/c10-9-13-12-7(18-9)4-17-8-5(11)2-1-3-6(8)14(15)16/h1-3H,4H2. The molecule has 9 heteroatoms. The third-order valence-corrected chi connectivity index (χ3v) is 2.92. The van der Waals surface area contributed by atoms with E-state index in [1.807, 2.05) is 0 Å². The van der Waals surface area contributed by atoms with Gasteiger partial charge in [-0.05, 0) is 17.7 Å². The second-order valence-corrected chi connectivity index (χ2v) is 4.73. The Labute approximate surface area is 109 Å². The molecule has 0 atom stereocenters. The maximum atomic E-state index is 13.4. The van der Waals surface area contributed by atoms with Crippen LogP contribution in [0.2, 0.25) is 4.47 Å². The van der Waals surface area contributed by atoms with E-state index in [1.54, 1.807) is 0 Å². The number of para-hydroxylation sites is 1. The molecule has 0 unspecified atom stereocenters. The number of ether oxygens (including phenoxy) is 1. The molecular formula is C9H5ClFN3O3S. The molecule has 0 saturated heterocycles. The predicted molar refractivity (Wildman–Crippen MR) is 62.3 cm³/mol. The Bertz CT molecular complexity index is 592. The van der Waals surface area contributed by atoms with E-state index in [1.165, 1.54) is 6.07 Å². The molecule has 0 fully saturated rings. The SMILES string of the molecule is O=[N+]([O-])c1cccc(F)c1OCc1nnc(Cl)s1. The number of halogens is 2. The molecule has 94 valence electrons. The second-order valence-electron chi connectivity index (χ2n) is 3.08. The number of rotatable bonds is 4. The van der Waals surface area contributed by atoms with Gasteiger partial charge in [0.15, 0.2) is 10.8 Å². The maximum absolute atomic E-state index is 13.4. The quantitative estimate of drug-likeness (QED) is 0.639. The molecule has 0 N–H and O–H groups in total. The summed E-state index contributed by atoms with van der Waals surface area (Å²) >= 11 is 6.62. The molecule has 0 amide bonds. The van der Waals surface area contributed by atoms with Gasteiger partial charge < -0.3 is 4.74 Å². The molecular weight excluding hydrogens is 285 g/mol. The average Bonchev–Trinajstić information content (AvgIpc) is 2.73. The van der Waals surface area contributed by atoms with Gasteiger partial charge in [0.05, 0.1) is 4.92 Å². The van der Waals surface area contributed by atoms with Gasteiger partial charge in [0, 0.05) is 6.07 Å². The number of nitrogens with zero attached hydrogens (tertiary/aromatic N) is 3. The van der Waals surface area contributed by atoms with E-state index in [2.05, 4.69) is 10.2 Å². The fourth-order valence-corrected chi connectivity index (χ4v) is 1.99. The van der Waals surface area contributed by atoms with Gasteiger partial charge in [-0.25, -0.2) is 4.39 Å². The van der Waals surface area contributed by atoms with Crippen LogP contribution in [0.4, 0.5) is 10.1 Å². The Hall–Kier alpha value is -1.80. The van der Waals surface area contributed by atoms with Crippen molar-refractivity contribution in [1.82, 2.24) is 10.2 Å². The summed E-state index contributed by atoms with van der Waals surface area (Å²) in [6.45, 7) is -0.133. The van der Waals surface area contributed by atoms with Crippen molar-refractivity contribution in [3.63, 3.8) is 0 Å². The summed E-state index contributed by atoms with van der Waals surface area (Å²) in [4.78, 5) is 9.99. The normalized spacial score (nSPS) is 10.3.